The molecule has 3 aromatic rings. The standard InChI is InChI=1S/C20H17FN2O3S/c1-12(24)22-15-7-8-17(26-2)16(11-15)23-20(25)19-10-9-18(27-19)13-3-5-14(21)6-4-13/h3-11H,1-2H3,(H,22,24)(H,23,25). The summed E-state index contributed by atoms with van der Waals surface area (Å²) in [6, 6.07) is 14.6. The van der Waals surface area contributed by atoms with Crippen molar-refractivity contribution in [2.24, 2.45) is 0 Å². The topological polar surface area (TPSA) is 67.4 Å². The van der Waals surface area contributed by atoms with E-state index in [2.05, 4.69) is 10.6 Å². The van der Waals surface area contributed by atoms with Crippen LogP contribution in [0.25, 0.3) is 10.4 Å². The summed E-state index contributed by atoms with van der Waals surface area (Å²) in [6.45, 7) is 1.41. The summed E-state index contributed by atoms with van der Waals surface area (Å²) in [6.07, 6.45) is 0. The van der Waals surface area contributed by atoms with Gasteiger partial charge in [0.2, 0.25) is 5.91 Å². The summed E-state index contributed by atoms with van der Waals surface area (Å²) >= 11 is 1.30. The highest BCUT2D eigenvalue weighted by atomic mass is 32.1. The zero-order valence-corrected chi connectivity index (χ0v) is 15.5. The zero-order chi connectivity index (χ0) is 19.4. The minimum atomic E-state index is -0.306. The lowest BCUT2D eigenvalue weighted by molar-refractivity contribution is -0.114. The van der Waals surface area contributed by atoms with Crippen LogP contribution in [0.1, 0.15) is 16.6 Å². The molecule has 2 aromatic carbocycles. The SMILES string of the molecule is COc1ccc(NC(C)=O)cc1NC(=O)c1ccc(-c2ccc(F)cc2)s1. The first kappa shape index (κ1) is 18.6. The molecule has 0 saturated carbocycles. The number of hydrogen-bond donors (Lipinski definition) is 2. The van der Waals surface area contributed by atoms with Crippen molar-refractivity contribution in [3.63, 3.8) is 0 Å². The molecular weight excluding hydrogens is 367 g/mol. The molecule has 0 atom stereocenters. The molecule has 5 nitrogen and oxygen atoms in total. The molecule has 0 spiro atoms. The number of hydrogen-bond acceptors (Lipinski definition) is 4. The number of carbonyl (C=O) groups is 2. The Hall–Kier alpha value is -3.19. The summed E-state index contributed by atoms with van der Waals surface area (Å²) in [7, 11) is 1.50. The second-order valence-corrected chi connectivity index (χ2v) is 6.80. The van der Waals surface area contributed by atoms with Crippen molar-refractivity contribution in [3.8, 4) is 16.2 Å². The number of nitrogens with one attached hydrogen (secondary N) is 2. The maximum Gasteiger partial charge on any atom is 0.265 e. The average Bonchev–Trinajstić information content (AvgIpc) is 3.12. The van der Waals surface area contributed by atoms with Gasteiger partial charge in [0.05, 0.1) is 17.7 Å². The van der Waals surface area contributed by atoms with Crippen molar-refractivity contribution in [2.75, 3.05) is 17.7 Å². The largest absolute Gasteiger partial charge is 0.495 e. The lowest BCUT2D eigenvalue weighted by Crippen LogP contribution is -2.12. The Balaban J connectivity index is 1.81. The van der Waals surface area contributed by atoms with Crippen molar-refractivity contribution < 1.29 is 18.7 Å². The number of anilines is 2. The lowest BCUT2D eigenvalue weighted by Gasteiger charge is -2.12. The number of rotatable bonds is 5. The predicted octanol–water partition coefficient (Wildman–Crippen LogP) is 4.77. The van der Waals surface area contributed by atoms with Crippen LogP contribution in [0.2, 0.25) is 0 Å². The van der Waals surface area contributed by atoms with E-state index in [1.54, 1.807) is 36.4 Å². The maximum absolute atomic E-state index is 13.1. The Labute approximate surface area is 159 Å². The zero-order valence-electron chi connectivity index (χ0n) is 14.7. The summed E-state index contributed by atoms with van der Waals surface area (Å²) in [5.74, 6) is -0.335. The highest BCUT2D eigenvalue weighted by Crippen LogP contribution is 2.31. The molecule has 0 aliphatic carbocycles. The first-order valence-electron chi connectivity index (χ1n) is 8.09. The van der Waals surface area contributed by atoms with Gasteiger partial charge in [-0.15, -0.1) is 11.3 Å². The maximum atomic E-state index is 13.1. The van der Waals surface area contributed by atoms with Crippen molar-refractivity contribution >= 4 is 34.5 Å². The van der Waals surface area contributed by atoms with E-state index < -0.39 is 0 Å². The third kappa shape index (κ3) is 4.51. The Kier molecular flexibility index (Phi) is 5.52. The van der Waals surface area contributed by atoms with E-state index in [4.69, 9.17) is 4.74 Å². The molecule has 1 heterocycles. The Morgan fingerprint density at radius 2 is 1.74 bits per heavy atom. The van der Waals surface area contributed by atoms with Crippen molar-refractivity contribution in [3.05, 3.63) is 65.3 Å². The van der Waals surface area contributed by atoms with Crippen LogP contribution in [0.5, 0.6) is 5.75 Å². The molecular formula is C20H17FN2O3S. The number of benzene rings is 2. The molecule has 0 bridgehead atoms. The number of methoxy groups -OCH3 is 1. The van der Waals surface area contributed by atoms with Crippen molar-refractivity contribution in [1.29, 1.82) is 0 Å². The van der Waals surface area contributed by atoms with E-state index in [0.29, 0.717) is 22.0 Å². The third-order valence-corrected chi connectivity index (χ3v) is 4.86. The van der Waals surface area contributed by atoms with Crippen LogP contribution in [-0.2, 0) is 4.79 Å². The Morgan fingerprint density at radius 3 is 2.41 bits per heavy atom. The van der Waals surface area contributed by atoms with Gasteiger partial charge in [0.25, 0.3) is 5.91 Å². The molecule has 0 aliphatic heterocycles. The van der Waals surface area contributed by atoms with Gasteiger partial charge < -0.3 is 15.4 Å². The highest BCUT2D eigenvalue weighted by molar-refractivity contribution is 7.17. The van der Waals surface area contributed by atoms with E-state index in [1.165, 1.54) is 37.5 Å². The molecule has 0 fully saturated rings. The van der Waals surface area contributed by atoms with Gasteiger partial charge in [0.1, 0.15) is 11.6 Å². The van der Waals surface area contributed by atoms with Crippen LogP contribution in [0.3, 0.4) is 0 Å². The van der Waals surface area contributed by atoms with Crippen LogP contribution >= 0.6 is 11.3 Å². The normalized spacial score (nSPS) is 10.3. The molecule has 0 saturated heterocycles. The number of carbonyl (C=O) groups excluding carboxylic acids is 2. The predicted molar refractivity (Wildman–Crippen MR) is 105 cm³/mol. The average molecular weight is 384 g/mol. The molecule has 0 radical (unpaired) electrons. The van der Waals surface area contributed by atoms with Gasteiger partial charge in [-0.25, -0.2) is 4.39 Å². The fraction of sp³-hybridized carbons (Fsp3) is 0.100. The molecule has 1 aromatic heterocycles. The van der Waals surface area contributed by atoms with E-state index >= 15 is 0 Å². The first-order chi connectivity index (χ1) is 13.0. The van der Waals surface area contributed by atoms with Gasteiger partial charge in [0, 0.05) is 17.5 Å². The molecule has 0 unspecified atom stereocenters. The summed E-state index contributed by atoms with van der Waals surface area (Å²) < 4.78 is 18.3. The monoisotopic (exact) mass is 384 g/mol. The number of halogens is 1. The van der Waals surface area contributed by atoms with E-state index in [-0.39, 0.29) is 17.6 Å². The van der Waals surface area contributed by atoms with Crippen LogP contribution in [-0.4, -0.2) is 18.9 Å². The Morgan fingerprint density at radius 1 is 1.00 bits per heavy atom. The Bertz CT molecular complexity index is 983. The quantitative estimate of drug-likeness (QED) is 0.666. The fourth-order valence-electron chi connectivity index (χ4n) is 2.50. The number of amides is 2. The second-order valence-electron chi connectivity index (χ2n) is 5.72. The number of ether oxygens (including phenoxy) is 1. The van der Waals surface area contributed by atoms with E-state index in [0.717, 1.165) is 10.4 Å². The van der Waals surface area contributed by atoms with Crippen LogP contribution in [0, 0.1) is 5.82 Å². The molecule has 0 aliphatic rings. The molecule has 138 valence electrons. The lowest BCUT2D eigenvalue weighted by atomic mass is 10.2. The minimum absolute atomic E-state index is 0.209. The first-order valence-corrected chi connectivity index (χ1v) is 8.90. The van der Waals surface area contributed by atoms with Crippen LogP contribution in [0.15, 0.2) is 54.6 Å². The van der Waals surface area contributed by atoms with Crippen molar-refractivity contribution in [2.45, 2.75) is 6.92 Å². The highest BCUT2D eigenvalue weighted by Gasteiger charge is 2.14. The fourth-order valence-corrected chi connectivity index (χ4v) is 3.41. The minimum Gasteiger partial charge on any atom is -0.495 e. The number of thiophene rings is 1. The molecule has 27 heavy (non-hydrogen) atoms. The van der Waals surface area contributed by atoms with Gasteiger partial charge in [-0.3, -0.25) is 9.59 Å². The van der Waals surface area contributed by atoms with Gasteiger partial charge in [0.15, 0.2) is 0 Å². The molecule has 3 rings (SSSR count). The van der Waals surface area contributed by atoms with Crippen molar-refractivity contribution in [1.82, 2.24) is 0 Å². The van der Waals surface area contributed by atoms with Gasteiger partial charge in [-0.2, -0.15) is 0 Å². The molecule has 7 heteroatoms. The smallest absolute Gasteiger partial charge is 0.265 e. The second kappa shape index (κ2) is 8.01. The summed E-state index contributed by atoms with van der Waals surface area (Å²) in [5, 5.41) is 5.47. The summed E-state index contributed by atoms with van der Waals surface area (Å²) in [5.41, 5.74) is 1.84. The summed E-state index contributed by atoms with van der Waals surface area (Å²) in [4.78, 5) is 25.2. The van der Waals surface area contributed by atoms with Gasteiger partial charge >= 0.3 is 0 Å². The molecule has 2 amide bonds. The van der Waals surface area contributed by atoms with Gasteiger partial charge in [-0.05, 0) is 48.0 Å². The van der Waals surface area contributed by atoms with E-state index in [1.807, 2.05) is 6.07 Å². The van der Waals surface area contributed by atoms with Gasteiger partial charge in [-0.1, -0.05) is 12.1 Å². The third-order valence-electron chi connectivity index (χ3n) is 3.73. The molecule has 2 N–H and O–H groups in total. The van der Waals surface area contributed by atoms with Crippen LogP contribution < -0.4 is 15.4 Å². The van der Waals surface area contributed by atoms with E-state index in [9.17, 15) is 14.0 Å². The van der Waals surface area contributed by atoms with Crippen LogP contribution in [0.4, 0.5) is 15.8 Å².